The number of likely N-dealkylation sites (tertiary alicyclic amines) is 1. The van der Waals surface area contributed by atoms with Gasteiger partial charge in [-0.3, -0.25) is 4.68 Å². The molecule has 2 heterocycles. The fraction of sp³-hybridized carbons (Fsp3) is 0.423. The van der Waals surface area contributed by atoms with Crippen LogP contribution in [-0.2, 0) is 0 Å². The quantitative estimate of drug-likeness (QED) is 0.302. The van der Waals surface area contributed by atoms with Crippen molar-refractivity contribution in [3.05, 3.63) is 81.4 Å². The van der Waals surface area contributed by atoms with Crippen LogP contribution in [0.4, 0.5) is 4.39 Å². The van der Waals surface area contributed by atoms with Crippen LogP contribution in [0.2, 0.25) is 10.0 Å². The van der Waals surface area contributed by atoms with E-state index >= 15 is 0 Å². The number of hydrogen-bond acceptors (Lipinski definition) is 2. The second-order valence-corrected chi connectivity index (χ2v) is 9.72. The molecule has 1 saturated heterocycles. The summed E-state index contributed by atoms with van der Waals surface area (Å²) in [6.07, 6.45) is 11.0. The number of rotatable bonds is 7. The lowest BCUT2D eigenvalue weighted by molar-refractivity contribution is 0.212. The highest BCUT2D eigenvalue weighted by Gasteiger charge is 2.20. The molecule has 0 saturated carbocycles. The third-order valence-corrected chi connectivity index (χ3v) is 7.00. The van der Waals surface area contributed by atoms with E-state index in [2.05, 4.69) is 54.4 Å². The van der Waals surface area contributed by atoms with Gasteiger partial charge < -0.3 is 4.90 Å². The average Bonchev–Trinajstić information content (AvgIpc) is 3.24. The molecule has 1 aromatic heterocycles. The summed E-state index contributed by atoms with van der Waals surface area (Å²) >= 11 is 12.6. The molecule has 1 aliphatic heterocycles. The van der Waals surface area contributed by atoms with E-state index in [4.69, 9.17) is 23.2 Å². The molecule has 0 bridgehead atoms. The molecule has 32 heavy (non-hydrogen) atoms. The molecule has 0 spiro atoms. The van der Waals surface area contributed by atoms with Crippen LogP contribution < -0.4 is 0 Å². The normalized spacial score (nSPS) is 16.8. The summed E-state index contributed by atoms with van der Waals surface area (Å²) in [4.78, 5) is 2.36. The van der Waals surface area contributed by atoms with E-state index in [9.17, 15) is 4.39 Å². The van der Waals surface area contributed by atoms with Gasteiger partial charge in [-0.15, -0.1) is 0 Å². The first-order valence-corrected chi connectivity index (χ1v) is 11.8. The number of hydrogen-bond donors (Lipinski definition) is 0. The van der Waals surface area contributed by atoms with Crippen LogP contribution in [0.1, 0.15) is 63.1 Å². The van der Waals surface area contributed by atoms with Crippen molar-refractivity contribution in [1.29, 1.82) is 0 Å². The Morgan fingerprint density at radius 1 is 1.28 bits per heavy atom. The molecule has 2 aromatic rings. The van der Waals surface area contributed by atoms with E-state index in [0.717, 1.165) is 42.6 Å². The molecule has 1 aliphatic rings. The largest absolute Gasteiger partial charge is 0.306 e. The predicted octanol–water partition coefficient (Wildman–Crippen LogP) is 7.70. The Morgan fingerprint density at radius 2 is 1.97 bits per heavy atom. The van der Waals surface area contributed by atoms with Crippen LogP contribution in [0.5, 0.6) is 0 Å². The lowest BCUT2D eigenvalue weighted by Gasteiger charge is -2.28. The van der Waals surface area contributed by atoms with Crippen LogP contribution in [0, 0.1) is 5.82 Å². The first kappa shape index (κ1) is 24.8. The summed E-state index contributed by atoms with van der Waals surface area (Å²) in [7, 11) is 2.16. The summed E-state index contributed by atoms with van der Waals surface area (Å²) in [6.45, 7) is 12.4. The molecule has 1 aromatic carbocycles. The molecule has 0 radical (unpaired) electrons. The van der Waals surface area contributed by atoms with Crippen molar-refractivity contribution in [3.8, 4) is 0 Å². The third kappa shape index (κ3) is 5.72. The topological polar surface area (TPSA) is 21.1 Å². The summed E-state index contributed by atoms with van der Waals surface area (Å²) in [6, 6.07) is 3.31. The second-order valence-electron chi connectivity index (χ2n) is 8.93. The molecular weight excluding hydrogens is 444 g/mol. The Kier molecular flexibility index (Phi) is 8.37. The zero-order valence-electron chi connectivity index (χ0n) is 19.3. The van der Waals surface area contributed by atoms with Crippen molar-refractivity contribution in [2.45, 2.75) is 52.0 Å². The fourth-order valence-corrected chi connectivity index (χ4v) is 4.97. The van der Waals surface area contributed by atoms with Gasteiger partial charge in [-0.25, -0.2) is 4.39 Å². The monoisotopic (exact) mass is 475 g/mol. The fourth-order valence-electron chi connectivity index (χ4n) is 4.23. The van der Waals surface area contributed by atoms with E-state index in [0.29, 0.717) is 23.0 Å². The Labute approximate surface area is 201 Å². The predicted molar refractivity (Wildman–Crippen MR) is 134 cm³/mol. The first-order chi connectivity index (χ1) is 15.2. The summed E-state index contributed by atoms with van der Waals surface area (Å²) in [5.74, 6) is -0.486. The molecule has 1 unspecified atom stereocenters. The molecule has 3 rings (SSSR count). The van der Waals surface area contributed by atoms with Crippen molar-refractivity contribution >= 4 is 28.8 Å². The van der Waals surface area contributed by atoms with Crippen LogP contribution >= 0.6 is 23.2 Å². The maximum atomic E-state index is 14.0. The molecule has 1 atom stereocenters. The molecule has 0 aliphatic carbocycles. The van der Waals surface area contributed by atoms with Gasteiger partial charge in [0.25, 0.3) is 0 Å². The number of halogens is 3. The molecule has 172 valence electrons. The Balaban J connectivity index is 1.84. The molecule has 6 heteroatoms. The minimum Gasteiger partial charge on any atom is -0.306 e. The molecule has 0 N–H and O–H groups in total. The molecular formula is C26H32Cl2FN3. The van der Waals surface area contributed by atoms with E-state index in [1.165, 1.54) is 11.6 Å². The zero-order valence-corrected chi connectivity index (χ0v) is 20.8. The second kappa shape index (κ2) is 10.8. The van der Waals surface area contributed by atoms with Crippen LogP contribution in [-0.4, -0.2) is 34.8 Å². The van der Waals surface area contributed by atoms with Crippen molar-refractivity contribution < 1.29 is 4.39 Å². The van der Waals surface area contributed by atoms with Crippen LogP contribution in [0.15, 0.2) is 54.4 Å². The zero-order chi connectivity index (χ0) is 23.4. The Morgan fingerprint density at radius 3 is 2.59 bits per heavy atom. The minimum absolute atomic E-state index is 0.0418. The lowest BCUT2D eigenvalue weighted by atomic mass is 9.90. The maximum absolute atomic E-state index is 14.0. The first-order valence-electron chi connectivity index (χ1n) is 11.1. The van der Waals surface area contributed by atoms with Crippen molar-refractivity contribution in [2.24, 2.45) is 0 Å². The maximum Gasteiger partial charge on any atom is 0.142 e. The van der Waals surface area contributed by atoms with Gasteiger partial charge in [0.1, 0.15) is 5.82 Å². The van der Waals surface area contributed by atoms with Crippen LogP contribution in [0.25, 0.3) is 5.57 Å². The third-order valence-electron chi connectivity index (χ3n) is 6.29. The number of piperidine rings is 1. The van der Waals surface area contributed by atoms with Gasteiger partial charge in [0, 0.05) is 16.8 Å². The standard InChI is InChI=1S/C26H32Cl2FN3/c1-6-19(21-15-30-32(16-21)22-9-11-31(5)12-10-22)14-20(17(2)3)13-18(4)25-23(27)7-8-24(29)26(25)28/h6-8,14-16,18,22H,1,9-13H2,2-5H3/b19-14+. The van der Waals surface area contributed by atoms with Gasteiger partial charge in [-0.2, -0.15) is 5.10 Å². The van der Waals surface area contributed by atoms with Crippen molar-refractivity contribution in [3.63, 3.8) is 0 Å². The van der Waals surface area contributed by atoms with Gasteiger partial charge in [0.05, 0.1) is 17.3 Å². The van der Waals surface area contributed by atoms with Crippen molar-refractivity contribution in [1.82, 2.24) is 14.7 Å². The minimum atomic E-state index is -0.444. The van der Waals surface area contributed by atoms with E-state index in [1.54, 1.807) is 6.07 Å². The van der Waals surface area contributed by atoms with Crippen LogP contribution in [0.3, 0.4) is 0 Å². The van der Waals surface area contributed by atoms with E-state index in [1.807, 2.05) is 19.2 Å². The molecule has 3 nitrogen and oxygen atoms in total. The van der Waals surface area contributed by atoms with E-state index in [-0.39, 0.29) is 10.9 Å². The number of aromatic nitrogens is 2. The van der Waals surface area contributed by atoms with Gasteiger partial charge >= 0.3 is 0 Å². The van der Waals surface area contributed by atoms with E-state index < -0.39 is 5.82 Å². The smallest absolute Gasteiger partial charge is 0.142 e. The average molecular weight is 476 g/mol. The summed E-state index contributed by atoms with van der Waals surface area (Å²) in [5.41, 5.74) is 5.05. The summed E-state index contributed by atoms with van der Waals surface area (Å²) in [5, 5.41) is 5.24. The highest BCUT2D eigenvalue weighted by atomic mass is 35.5. The van der Waals surface area contributed by atoms with Gasteiger partial charge in [0.2, 0.25) is 0 Å². The summed E-state index contributed by atoms with van der Waals surface area (Å²) < 4.78 is 16.1. The van der Waals surface area contributed by atoms with Gasteiger partial charge in [-0.05, 0) is 88.0 Å². The Hall–Kier alpha value is -1.88. The highest BCUT2D eigenvalue weighted by Crippen LogP contribution is 2.37. The number of benzene rings is 1. The number of nitrogens with zero attached hydrogens (tertiary/aromatic N) is 3. The van der Waals surface area contributed by atoms with Gasteiger partial charge in [-0.1, -0.05) is 54.4 Å². The Bertz CT molecular complexity index is 1030. The van der Waals surface area contributed by atoms with Gasteiger partial charge in [0.15, 0.2) is 0 Å². The molecule has 0 amide bonds. The highest BCUT2D eigenvalue weighted by molar-refractivity contribution is 6.36. The van der Waals surface area contributed by atoms with Crippen molar-refractivity contribution in [2.75, 3.05) is 20.1 Å². The SMILES string of the molecule is C=C/C(=C\C(CC(C)c1c(Cl)ccc(F)c1Cl)=C(C)C)c1cnn(C2CCN(C)CC2)c1. The molecule has 1 fully saturated rings. The lowest BCUT2D eigenvalue weighted by Crippen LogP contribution is -2.31. The number of allylic oxidation sites excluding steroid dienone is 5.